The number of rotatable bonds is 15. The summed E-state index contributed by atoms with van der Waals surface area (Å²) in [6.45, 7) is -1.42. The van der Waals surface area contributed by atoms with Crippen LogP contribution in [0.1, 0.15) is 12.0 Å². The lowest BCUT2D eigenvalue weighted by Gasteiger charge is -2.40. The van der Waals surface area contributed by atoms with E-state index in [0.29, 0.717) is 5.56 Å². The molecule has 2 aliphatic rings. The highest BCUT2D eigenvalue weighted by Gasteiger charge is 2.48. The first kappa shape index (κ1) is 46.0. The highest BCUT2D eigenvalue weighted by atomic mass is 16.7. The number of benzene rings is 3. The van der Waals surface area contributed by atoms with Crippen molar-refractivity contribution in [1.29, 1.82) is 0 Å². The van der Waals surface area contributed by atoms with Crippen molar-refractivity contribution >= 4 is 35.0 Å². The molecule has 3 heterocycles. The lowest BCUT2D eigenvalue weighted by molar-refractivity contribution is -0.278. The van der Waals surface area contributed by atoms with Gasteiger partial charge in [0.25, 0.3) is 0 Å². The highest BCUT2D eigenvalue weighted by Crippen LogP contribution is 2.46. The van der Waals surface area contributed by atoms with Crippen LogP contribution in [0.2, 0.25) is 0 Å². The van der Waals surface area contributed by atoms with Crippen LogP contribution in [0.15, 0.2) is 65.1 Å². The lowest BCUT2D eigenvalue weighted by atomic mass is 9.99. The number of hydrogen-bond acceptors (Lipinski definition) is 20. The number of aromatic hydroxyl groups is 3. The summed E-state index contributed by atoms with van der Waals surface area (Å²) < 4.78 is 50.3. The Kier molecular flexibility index (Phi) is 14.4. The van der Waals surface area contributed by atoms with Crippen molar-refractivity contribution in [3.05, 3.63) is 66.2 Å². The van der Waals surface area contributed by atoms with E-state index in [2.05, 4.69) is 0 Å². The number of ether oxygens (including phenoxy) is 8. The van der Waals surface area contributed by atoms with Crippen molar-refractivity contribution in [2.45, 2.75) is 67.8 Å². The van der Waals surface area contributed by atoms with E-state index in [-0.39, 0.29) is 51.0 Å². The Balaban J connectivity index is 1.34. The average Bonchev–Trinajstić information content (AvgIpc) is 3.25. The SMILES string of the molecule is COc1cc(-c2[o+]c3cc(O)cc(O[C@@H]4O[C@H](COC(=O)CC(=O)O)[C@@H](O)[C@H](O)[C@H]4O)c3cc2O[C@@H]2O[C@H](COC(=O)C=Cc3ccc(O)cc3)[C@@H](O)[C@H](O)[C@H]2O)cc(OC)c1O. The first-order chi connectivity index (χ1) is 30.0. The van der Waals surface area contributed by atoms with Gasteiger partial charge in [-0.2, -0.15) is 0 Å². The number of esters is 2. The summed E-state index contributed by atoms with van der Waals surface area (Å²) in [6.07, 6.45) is -16.8. The van der Waals surface area contributed by atoms with Gasteiger partial charge in [0.1, 0.15) is 91.1 Å². The van der Waals surface area contributed by atoms with Gasteiger partial charge in [-0.15, -0.1) is 0 Å². The van der Waals surface area contributed by atoms with Crippen molar-refractivity contribution in [3.63, 3.8) is 0 Å². The summed E-state index contributed by atoms with van der Waals surface area (Å²) in [6, 6.07) is 11.9. The van der Waals surface area contributed by atoms with Crippen LogP contribution in [0.5, 0.6) is 40.2 Å². The quantitative estimate of drug-likeness (QED) is 0.0329. The van der Waals surface area contributed by atoms with Gasteiger partial charge in [-0.25, -0.2) is 9.21 Å². The molecular weight excluding hydrogens is 844 g/mol. The second-order valence-electron chi connectivity index (χ2n) is 14.1. The zero-order chi connectivity index (χ0) is 45.7. The molecule has 22 heteroatoms. The largest absolute Gasteiger partial charge is 0.508 e. The van der Waals surface area contributed by atoms with Gasteiger partial charge >= 0.3 is 29.3 Å². The van der Waals surface area contributed by atoms with Gasteiger partial charge in [-0.05, 0) is 23.8 Å². The van der Waals surface area contributed by atoms with Gasteiger partial charge in [0, 0.05) is 30.3 Å². The van der Waals surface area contributed by atoms with Gasteiger partial charge in [-0.1, -0.05) is 12.1 Å². The molecule has 3 aromatic carbocycles. The van der Waals surface area contributed by atoms with Crippen LogP contribution in [0.4, 0.5) is 0 Å². The lowest BCUT2D eigenvalue weighted by Crippen LogP contribution is -2.60. The third kappa shape index (κ3) is 10.6. The zero-order valence-electron chi connectivity index (χ0n) is 33.1. The third-order valence-electron chi connectivity index (χ3n) is 9.76. The molecule has 6 rings (SSSR count). The number of aliphatic hydroxyl groups excluding tert-OH is 6. The molecule has 2 aliphatic heterocycles. The number of hydrogen-bond donors (Lipinski definition) is 10. The Morgan fingerprint density at radius 2 is 1.22 bits per heavy atom. The molecule has 2 fully saturated rings. The molecule has 63 heavy (non-hydrogen) atoms. The summed E-state index contributed by atoms with van der Waals surface area (Å²) >= 11 is 0. The summed E-state index contributed by atoms with van der Waals surface area (Å²) in [5, 5.41) is 104. The van der Waals surface area contributed by atoms with E-state index in [9.17, 15) is 60.3 Å². The van der Waals surface area contributed by atoms with Crippen LogP contribution in [0.3, 0.4) is 0 Å². The van der Waals surface area contributed by atoms with E-state index in [4.69, 9.17) is 47.4 Å². The number of phenolic OH excluding ortho intramolecular Hbond substituents is 3. The van der Waals surface area contributed by atoms with Crippen LogP contribution < -0.4 is 18.9 Å². The van der Waals surface area contributed by atoms with Gasteiger partial charge in [0.05, 0.1) is 25.8 Å². The maximum absolute atomic E-state index is 12.6. The number of carbonyl (C=O) groups is 3. The number of phenols is 3. The highest BCUT2D eigenvalue weighted by molar-refractivity contribution is 5.90. The van der Waals surface area contributed by atoms with Gasteiger partial charge in [0.2, 0.25) is 24.1 Å². The summed E-state index contributed by atoms with van der Waals surface area (Å²) in [5.74, 6) is -5.50. The van der Waals surface area contributed by atoms with E-state index in [1.54, 1.807) is 0 Å². The van der Waals surface area contributed by atoms with Crippen LogP contribution in [0, 0.1) is 0 Å². The maximum Gasteiger partial charge on any atom is 0.402 e. The molecule has 22 nitrogen and oxygen atoms in total. The Bertz CT molecular complexity index is 2290. The fourth-order valence-corrected chi connectivity index (χ4v) is 6.45. The predicted molar refractivity (Wildman–Crippen MR) is 208 cm³/mol. The Morgan fingerprint density at radius 1 is 0.667 bits per heavy atom. The third-order valence-corrected chi connectivity index (χ3v) is 9.76. The smallest absolute Gasteiger partial charge is 0.402 e. The van der Waals surface area contributed by atoms with Crippen molar-refractivity contribution in [3.8, 4) is 51.6 Å². The Hall–Kier alpha value is -6.50. The first-order valence-corrected chi connectivity index (χ1v) is 18.8. The van der Waals surface area contributed by atoms with Crippen LogP contribution in [0.25, 0.3) is 28.4 Å². The van der Waals surface area contributed by atoms with Gasteiger partial charge < -0.3 is 89.0 Å². The van der Waals surface area contributed by atoms with Crippen LogP contribution in [-0.4, -0.2) is 158 Å². The second-order valence-corrected chi connectivity index (χ2v) is 14.1. The van der Waals surface area contributed by atoms with Crippen molar-refractivity contribution in [1.82, 2.24) is 0 Å². The number of carbonyl (C=O) groups excluding carboxylic acids is 2. The van der Waals surface area contributed by atoms with Crippen molar-refractivity contribution < 1.29 is 108 Å². The fourth-order valence-electron chi connectivity index (χ4n) is 6.45. The molecule has 338 valence electrons. The van der Waals surface area contributed by atoms with Crippen molar-refractivity contribution in [2.75, 3.05) is 27.4 Å². The molecule has 1 aromatic heterocycles. The molecule has 0 bridgehead atoms. The molecule has 0 spiro atoms. The fraction of sp³-hybridized carbons (Fsp3) is 0.366. The Morgan fingerprint density at radius 3 is 1.78 bits per heavy atom. The molecule has 2 saturated heterocycles. The standard InChI is InChI=1S/C41H42O22/c1-55-24-9-18(10-25(56-2)32(24)48)39-26(61-41-38(54)36(52)33(49)27(63-41)15-57-30(46)8-5-17-3-6-19(42)7-4-17)13-21-22(59-39)11-20(43)12-23(21)60-40-37(53)35(51)34(50)28(62-40)16-58-31(47)14-29(44)45/h3-13,27-28,33-38,40-41,49-54H,14-16H2,1-2H3,(H3-,42,43,44,45,46,48)/p+1/t27-,28-,33-,34-,35+,36+,37-,38-,40-,41-/m1/s1. The zero-order valence-corrected chi connectivity index (χ0v) is 33.1. The van der Waals surface area contributed by atoms with E-state index >= 15 is 0 Å². The summed E-state index contributed by atoms with van der Waals surface area (Å²) in [4.78, 5) is 35.3. The maximum atomic E-state index is 12.6. The molecule has 0 amide bonds. The van der Waals surface area contributed by atoms with Crippen molar-refractivity contribution in [2.24, 2.45) is 0 Å². The minimum absolute atomic E-state index is 0.0145. The number of carboxylic acid groups (broad SMARTS) is 1. The molecule has 4 aromatic rings. The predicted octanol–water partition coefficient (Wildman–Crippen LogP) is 0.162. The molecule has 0 unspecified atom stereocenters. The summed E-state index contributed by atoms with van der Waals surface area (Å²) in [5.41, 5.74) is 0.480. The van der Waals surface area contributed by atoms with E-state index in [1.165, 1.54) is 62.8 Å². The Labute approximate surface area is 355 Å². The molecule has 10 atom stereocenters. The number of methoxy groups -OCH3 is 2. The molecule has 0 radical (unpaired) electrons. The molecule has 0 aliphatic carbocycles. The van der Waals surface area contributed by atoms with E-state index in [0.717, 1.165) is 18.2 Å². The topological polar surface area (TPSA) is 339 Å². The van der Waals surface area contributed by atoms with Gasteiger partial charge in [-0.3, -0.25) is 9.59 Å². The van der Waals surface area contributed by atoms with Crippen LogP contribution in [-0.2, 0) is 33.3 Å². The second kappa shape index (κ2) is 19.7. The molecule has 0 saturated carbocycles. The minimum atomic E-state index is -1.97. The normalized spacial score (nSPS) is 25.9. The average molecular weight is 888 g/mol. The summed E-state index contributed by atoms with van der Waals surface area (Å²) in [7, 11) is 2.51. The number of aliphatic carboxylic acids is 1. The van der Waals surface area contributed by atoms with Gasteiger partial charge in [0.15, 0.2) is 11.5 Å². The van der Waals surface area contributed by atoms with E-state index < -0.39 is 110 Å². The monoisotopic (exact) mass is 887 g/mol. The first-order valence-electron chi connectivity index (χ1n) is 18.8. The number of carboxylic acids is 1. The molecule has 10 N–H and O–H groups in total. The molecular formula is C41H43O22+. The minimum Gasteiger partial charge on any atom is -0.508 e. The number of aliphatic hydroxyl groups is 6. The van der Waals surface area contributed by atoms with E-state index in [1.807, 2.05) is 0 Å². The van der Waals surface area contributed by atoms with Crippen LogP contribution >= 0.6 is 0 Å². The number of fused-ring (bicyclic) bond motifs is 1.